The molecule has 8 heteroatoms. The summed E-state index contributed by atoms with van der Waals surface area (Å²) in [6, 6.07) is 8.67. The van der Waals surface area contributed by atoms with Gasteiger partial charge >= 0.3 is 5.97 Å². The number of ether oxygens (including phenoxy) is 1. The second kappa shape index (κ2) is 7.90. The highest BCUT2D eigenvalue weighted by molar-refractivity contribution is 14.1. The van der Waals surface area contributed by atoms with Crippen LogP contribution in [0.15, 0.2) is 40.8 Å². The maximum atomic E-state index is 11.7. The number of hydrazone groups is 1. The first kappa shape index (κ1) is 16.4. The van der Waals surface area contributed by atoms with Crippen LogP contribution in [0.4, 0.5) is 0 Å². The zero-order chi connectivity index (χ0) is 15.9. The fraction of sp³-hybridized carbons (Fsp3) is 0.0714. The molecule has 0 aliphatic rings. The largest absolute Gasteiger partial charge is 0.481 e. The van der Waals surface area contributed by atoms with E-state index in [2.05, 4.69) is 10.5 Å². The molecule has 0 radical (unpaired) electrons. The Hall–Kier alpha value is -1.94. The van der Waals surface area contributed by atoms with E-state index >= 15 is 0 Å². The van der Waals surface area contributed by atoms with Gasteiger partial charge in [0, 0.05) is 0 Å². The van der Waals surface area contributed by atoms with Crippen molar-refractivity contribution >= 4 is 52.0 Å². The van der Waals surface area contributed by atoms with Crippen molar-refractivity contribution in [3.05, 3.63) is 49.7 Å². The van der Waals surface area contributed by atoms with E-state index < -0.39 is 5.97 Å². The second-order valence-electron chi connectivity index (χ2n) is 4.05. The molecule has 0 saturated carbocycles. The van der Waals surface area contributed by atoms with E-state index in [9.17, 15) is 9.59 Å². The van der Waals surface area contributed by atoms with Gasteiger partial charge in [0.05, 0.1) is 14.7 Å². The van der Waals surface area contributed by atoms with Gasteiger partial charge in [-0.05, 0) is 57.8 Å². The molecule has 0 aliphatic carbocycles. The molecular weight excluding hydrogens is 419 g/mol. The number of carbonyl (C=O) groups is 2. The third-order valence-electron chi connectivity index (χ3n) is 2.43. The molecule has 0 atom stereocenters. The van der Waals surface area contributed by atoms with Gasteiger partial charge in [0.25, 0.3) is 5.91 Å². The number of nitrogens with one attached hydrogen (secondary N) is 1. The molecule has 6 nitrogen and oxygen atoms in total. The maximum absolute atomic E-state index is 11.7. The summed E-state index contributed by atoms with van der Waals surface area (Å²) in [5, 5.41) is 14.3. The van der Waals surface area contributed by atoms with E-state index in [1.54, 1.807) is 30.3 Å². The van der Waals surface area contributed by atoms with Crippen molar-refractivity contribution in [2.75, 3.05) is 6.61 Å². The summed E-state index contributed by atoms with van der Waals surface area (Å²) in [5.74, 6) is -0.803. The van der Waals surface area contributed by atoms with Gasteiger partial charge in [-0.25, -0.2) is 10.2 Å². The van der Waals surface area contributed by atoms with Crippen LogP contribution in [0, 0.1) is 3.57 Å². The molecule has 22 heavy (non-hydrogen) atoms. The van der Waals surface area contributed by atoms with E-state index in [0.29, 0.717) is 10.6 Å². The number of aliphatic carboxylic acids is 1. The van der Waals surface area contributed by atoms with Crippen molar-refractivity contribution in [2.24, 2.45) is 5.10 Å². The van der Waals surface area contributed by atoms with E-state index in [1.807, 2.05) is 28.0 Å². The number of benzene rings is 1. The van der Waals surface area contributed by atoms with Gasteiger partial charge in [0.1, 0.15) is 5.75 Å². The highest BCUT2D eigenvalue weighted by Crippen LogP contribution is 2.21. The van der Waals surface area contributed by atoms with Gasteiger partial charge in [0.2, 0.25) is 0 Å². The Morgan fingerprint density at radius 3 is 2.86 bits per heavy atom. The van der Waals surface area contributed by atoms with Gasteiger partial charge in [-0.2, -0.15) is 5.10 Å². The molecule has 0 unspecified atom stereocenters. The van der Waals surface area contributed by atoms with Crippen LogP contribution in [-0.2, 0) is 4.79 Å². The SMILES string of the molecule is O=C(O)COc1ccc(/C=N\NC(=O)c2cccs2)cc1I. The summed E-state index contributed by atoms with van der Waals surface area (Å²) >= 11 is 3.38. The van der Waals surface area contributed by atoms with Gasteiger partial charge in [0.15, 0.2) is 6.61 Å². The Balaban J connectivity index is 1.95. The molecule has 2 aromatic rings. The number of hydrogen-bond donors (Lipinski definition) is 2. The third kappa shape index (κ3) is 4.81. The van der Waals surface area contributed by atoms with Gasteiger partial charge in [-0.1, -0.05) is 6.07 Å². The van der Waals surface area contributed by atoms with E-state index in [1.165, 1.54) is 17.6 Å². The third-order valence-corrected chi connectivity index (χ3v) is 4.14. The highest BCUT2D eigenvalue weighted by atomic mass is 127. The number of thiophene rings is 1. The number of carboxylic acid groups (broad SMARTS) is 1. The summed E-state index contributed by atoms with van der Waals surface area (Å²) in [6.07, 6.45) is 1.51. The first-order valence-electron chi connectivity index (χ1n) is 6.07. The Kier molecular flexibility index (Phi) is 5.90. The van der Waals surface area contributed by atoms with Crippen LogP contribution in [0.3, 0.4) is 0 Å². The van der Waals surface area contributed by atoms with Crippen LogP contribution in [0.1, 0.15) is 15.2 Å². The first-order valence-corrected chi connectivity index (χ1v) is 8.03. The average molecular weight is 430 g/mol. The molecule has 2 N–H and O–H groups in total. The number of hydrogen-bond acceptors (Lipinski definition) is 5. The Bertz CT molecular complexity index is 701. The Morgan fingerprint density at radius 2 is 2.23 bits per heavy atom. The molecule has 0 bridgehead atoms. The molecular formula is C14H11IN2O4S. The highest BCUT2D eigenvalue weighted by Gasteiger charge is 2.05. The Labute approximate surface area is 143 Å². The number of nitrogens with zero attached hydrogens (tertiary/aromatic N) is 1. The van der Waals surface area contributed by atoms with Crippen molar-refractivity contribution in [1.82, 2.24) is 5.43 Å². The molecule has 0 aliphatic heterocycles. The molecule has 0 spiro atoms. The molecule has 1 aromatic carbocycles. The summed E-state index contributed by atoms with van der Waals surface area (Å²) < 4.78 is 5.88. The lowest BCUT2D eigenvalue weighted by Gasteiger charge is -2.06. The van der Waals surface area contributed by atoms with Crippen molar-refractivity contribution in [1.29, 1.82) is 0 Å². The predicted octanol–water partition coefficient (Wildman–Crippen LogP) is 2.58. The first-order chi connectivity index (χ1) is 10.6. The standard InChI is InChI=1S/C14H11IN2O4S/c15-10-6-9(3-4-11(10)21-8-13(18)19)7-16-17-14(20)12-2-1-5-22-12/h1-7H,8H2,(H,17,20)(H,18,19)/b16-7-. The van der Waals surface area contributed by atoms with Crippen molar-refractivity contribution < 1.29 is 19.4 Å². The average Bonchev–Trinajstić information content (AvgIpc) is 3.00. The van der Waals surface area contributed by atoms with Crippen LogP contribution in [0.2, 0.25) is 0 Å². The second-order valence-corrected chi connectivity index (χ2v) is 6.16. The lowest BCUT2D eigenvalue weighted by atomic mass is 10.2. The predicted molar refractivity (Wildman–Crippen MR) is 91.7 cm³/mol. The van der Waals surface area contributed by atoms with Crippen molar-refractivity contribution in [3.63, 3.8) is 0 Å². The monoisotopic (exact) mass is 430 g/mol. The van der Waals surface area contributed by atoms with Crippen LogP contribution in [0.5, 0.6) is 5.75 Å². The minimum Gasteiger partial charge on any atom is -0.481 e. The van der Waals surface area contributed by atoms with Crippen molar-refractivity contribution in [2.45, 2.75) is 0 Å². The van der Waals surface area contributed by atoms with Crippen LogP contribution in [-0.4, -0.2) is 29.8 Å². The quantitative estimate of drug-likeness (QED) is 0.419. The summed E-state index contributed by atoms with van der Waals surface area (Å²) in [5.41, 5.74) is 3.20. The molecule has 1 amide bonds. The molecule has 0 saturated heterocycles. The fourth-order valence-corrected chi connectivity index (χ4v) is 2.79. The van der Waals surface area contributed by atoms with E-state index in [-0.39, 0.29) is 12.5 Å². The van der Waals surface area contributed by atoms with Gasteiger partial charge < -0.3 is 9.84 Å². The minimum absolute atomic E-state index is 0.262. The zero-order valence-corrected chi connectivity index (χ0v) is 14.1. The van der Waals surface area contributed by atoms with Crippen molar-refractivity contribution in [3.8, 4) is 5.75 Å². The lowest BCUT2D eigenvalue weighted by molar-refractivity contribution is -0.139. The normalized spacial score (nSPS) is 10.6. The number of carbonyl (C=O) groups excluding carboxylic acids is 1. The Morgan fingerprint density at radius 1 is 1.41 bits per heavy atom. The summed E-state index contributed by atoms with van der Waals surface area (Å²) in [6.45, 7) is -0.389. The number of carboxylic acids is 1. The molecule has 114 valence electrons. The zero-order valence-electron chi connectivity index (χ0n) is 11.2. The molecule has 1 aromatic heterocycles. The van der Waals surface area contributed by atoms with Crippen LogP contribution in [0.25, 0.3) is 0 Å². The van der Waals surface area contributed by atoms with Crippen LogP contribution < -0.4 is 10.2 Å². The number of amides is 1. The topological polar surface area (TPSA) is 88.0 Å². The maximum Gasteiger partial charge on any atom is 0.341 e. The smallest absolute Gasteiger partial charge is 0.341 e. The summed E-state index contributed by atoms with van der Waals surface area (Å²) in [7, 11) is 0. The van der Waals surface area contributed by atoms with E-state index in [0.717, 1.165) is 9.13 Å². The number of halogens is 1. The molecule has 0 fully saturated rings. The minimum atomic E-state index is -1.03. The van der Waals surface area contributed by atoms with Crippen LogP contribution >= 0.6 is 33.9 Å². The number of rotatable bonds is 6. The van der Waals surface area contributed by atoms with Gasteiger partial charge in [-0.15, -0.1) is 11.3 Å². The molecule has 1 heterocycles. The fourth-order valence-electron chi connectivity index (χ4n) is 1.48. The van der Waals surface area contributed by atoms with Gasteiger partial charge in [-0.3, -0.25) is 4.79 Å². The lowest BCUT2D eigenvalue weighted by Crippen LogP contribution is -2.16. The summed E-state index contributed by atoms with van der Waals surface area (Å²) in [4.78, 5) is 22.7. The van der Waals surface area contributed by atoms with E-state index in [4.69, 9.17) is 9.84 Å². The molecule has 2 rings (SSSR count).